The molecule has 0 saturated heterocycles. The highest BCUT2D eigenvalue weighted by Gasteiger charge is 2.05. The molecule has 1 amide bonds. The zero-order valence-electron chi connectivity index (χ0n) is 11.0. The lowest BCUT2D eigenvalue weighted by Crippen LogP contribution is -2.28. The van der Waals surface area contributed by atoms with Crippen molar-refractivity contribution in [3.05, 3.63) is 29.8 Å². The average molecular weight is 249 g/mol. The summed E-state index contributed by atoms with van der Waals surface area (Å²) in [6.07, 6.45) is 3.19. The third kappa shape index (κ3) is 3.52. The van der Waals surface area contributed by atoms with Crippen LogP contribution in [-0.4, -0.2) is 36.1 Å². The standard InChI is InChI=1S/C14H19NO3/c1-4-15(5-2)14(17)9-7-11-6-8-13(18-3)12(16)10-11/h6-10,16H,4-5H2,1-3H3/b9-7+. The largest absolute Gasteiger partial charge is 0.504 e. The first-order valence-corrected chi connectivity index (χ1v) is 5.96. The molecule has 0 radical (unpaired) electrons. The van der Waals surface area contributed by atoms with Crippen LogP contribution in [0.5, 0.6) is 11.5 Å². The molecule has 0 fully saturated rings. The maximum Gasteiger partial charge on any atom is 0.246 e. The van der Waals surface area contributed by atoms with E-state index < -0.39 is 0 Å². The van der Waals surface area contributed by atoms with Crippen molar-refractivity contribution < 1.29 is 14.6 Å². The Morgan fingerprint density at radius 1 is 1.39 bits per heavy atom. The third-order valence-corrected chi connectivity index (χ3v) is 2.70. The van der Waals surface area contributed by atoms with Gasteiger partial charge in [-0.15, -0.1) is 0 Å². The summed E-state index contributed by atoms with van der Waals surface area (Å²) in [5.41, 5.74) is 0.758. The second-order valence-corrected chi connectivity index (χ2v) is 3.78. The Balaban J connectivity index is 2.78. The van der Waals surface area contributed by atoms with E-state index >= 15 is 0 Å². The summed E-state index contributed by atoms with van der Waals surface area (Å²) < 4.78 is 4.95. The van der Waals surface area contributed by atoms with Gasteiger partial charge in [0.25, 0.3) is 0 Å². The van der Waals surface area contributed by atoms with Crippen LogP contribution in [0.2, 0.25) is 0 Å². The minimum Gasteiger partial charge on any atom is -0.504 e. The summed E-state index contributed by atoms with van der Waals surface area (Å²) in [6, 6.07) is 5.01. The molecule has 0 aliphatic rings. The van der Waals surface area contributed by atoms with Gasteiger partial charge in [-0.25, -0.2) is 0 Å². The Labute approximate surface area is 107 Å². The van der Waals surface area contributed by atoms with E-state index in [1.165, 1.54) is 13.2 Å². The molecule has 4 heteroatoms. The Morgan fingerprint density at radius 2 is 2.06 bits per heavy atom. The van der Waals surface area contributed by atoms with Gasteiger partial charge in [-0.3, -0.25) is 4.79 Å². The summed E-state index contributed by atoms with van der Waals surface area (Å²) in [7, 11) is 1.49. The molecule has 0 saturated carbocycles. The molecular formula is C14H19NO3. The van der Waals surface area contributed by atoms with E-state index in [0.29, 0.717) is 18.8 Å². The Bertz CT molecular complexity index is 437. The summed E-state index contributed by atoms with van der Waals surface area (Å²) in [5.74, 6) is 0.451. The SMILES string of the molecule is CCN(CC)C(=O)/C=C/c1ccc(OC)c(O)c1. The van der Waals surface area contributed by atoms with E-state index in [2.05, 4.69) is 0 Å². The molecule has 0 atom stereocenters. The van der Waals surface area contributed by atoms with E-state index in [4.69, 9.17) is 4.74 Å². The molecule has 0 spiro atoms. The fourth-order valence-electron chi connectivity index (χ4n) is 1.62. The highest BCUT2D eigenvalue weighted by atomic mass is 16.5. The number of hydrogen-bond acceptors (Lipinski definition) is 3. The Morgan fingerprint density at radius 3 is 2.56 bits per heavy atom. The van der Waals surface area contributed by atoms with E-state index in [1.54, 1.807) is 29.2 Å². The van der Waals surface area contributed by atoms with Crippen LogP contribution in [0.1, 0.15) is 19.4 Å². The van der Waals surface area contributed by atoms with E-state index in [-0.39, 0.29) is 11.7 Å². The molecule has 1 N–H and O–H groups in total. The van der Waals surface area contributed by atoms with Crippen molar-refractivity contribution in [1.82, 2.24) is 4.90 Å². The lowest BCUT2D eigenvalue weighted by atomic mass is 10.2. The van der Waals surface area contributed by atoms with Gasteiger partial charge in [0.1, 0.15) is 0 Å². The van der Waals surface area contributed by atoms with Crippen LogP contribution in [-0.2, 0) is 4.79 Å². The second-order valence-electron chi connectivity index (χ2n) is 3.78. The minimum atomic E-state index is -0.0321. The molecule has 0 aromatic heterocycles. The van der Waals surface area contributed by atoms with Crippen LogP contribution in [0.25, 0.3) is 6.08 Å². The second kappa shape index (κ2) is 6.69. The highest BCUT2D eigenvalue weighted by Crippen LogP contribution is 2.26. The third-order valence-electron chi connectivity index (χ3n) is 2.70. The number of benzene rings is 1. The molecule has 0 heterocycles. The minimum absolute atomic E-state index is 0.0321. The van der Waals surface area contributed by atoms with Crippen LogP contribution in [0.4, 0.5) is 0 Å². The molecular weight excluding hydrogens is 230 g/mol. The maximum atomic E-state index is 11.7. The van der Waals surface area contributed by atoms with Gasteiger partial charge < -0.3 is 14.7 Å². The first-order valence-electron chi connectivity index (χ1n) is 5.96. The number of aromatic hydroxyl groups is 1. The molecule has 18 heavy (non-hydrogen) atoms. The number of likely N-dealkylation sites (N-methyl/N-ethyl adjacent to an activating group) is 1. The first kappa shape index (κ1) is 14.1. The van der Waals surface area contributed by atoms with Gasteiger partial charge in [0.2, 0.25) is 5.91 Å². The average Bonchev–Trinajstić information content (AvgIpc) is 2.38. The fourth-order valence-corrected chi connectivity index (χ4v) is 1.62. The maximum absolute atomic E-state index is 11.7. The number of nitrogens with zero attached hydrogens (tertiary/aromatic N) is 1. The van der Waals surface area contributed by atoms with Gasteiger partial charge >= 0.3 is 0 Å². The number of phenolic OH excluding ortho intramolecular Hbond substituents is 1. The number of carbonyl (C=O) groups is 1. The van der Waals surface area contributed by atoms with Crippen LogP contribution in [0, 0.1) is 0 Å². The van der Waals surface area contributed by atoms with Crippen molar-refractivity contribution in [1.29, 1.82) is 0 Å². The Kier molecular flexibility index (Phi) is 5.24. The quantitative estimate of drug-likeness (QED) is 0.814. The van der Waals surface area contributed by atoms with Gasteiger partial charge in [0.05, 0.1) is 7.11 Å². The molecule has 1 aromatic carbocycles. The molecule has 0 unspecified atom stereocenters. The van der Waals surface area contributed by atoms with Crippen molar-refractivity contribution in [2.24, 2.45) is 0 Å². The molecule has 98 valence electrons. The zero-order chi connectivity index (χ0) is 13.5. The number of methoxy groups -OCH3 is 1. The molecule has 1 rings (SSSR count). The van der Waals surface area contributed by atoms with E-state index in [0.717, 1.165) is 5.56 Å². The smallest absolute Gasteiger partial charge is 0.246 e. The number of phenols is 1. The Hall–Kier alpha value is -1.97. The molecule has 4 nitrogen and oxygen atoms in total. The van der Waals surface area contributed by atoms with Crippen LogP contribution in [0.15, 0.2) is 24.3 Å². The predicted molar refractivity (Wildman–Crippen MR) is 71.6 cm³/mol. The number of hydrogen-bond donors (Lipinski definition) is 1. The molecule has 1 aromatic rings. The zero-order valence-corrected chi connectivity index (χ0v) is 11.0. The monoisotopic (exact) mass is 249 g/mol. The normalized spacial score (nSPS) is 10.6. The van der Waals surface area contributed by atoms with Crippen LogP contribution < -0.4 is 4.74 Å². The van der Waals surface area contributed by atoms with Gasteiger partial charge in [-0.1, -0.05) is 6.07 Å². The number of ether oxygens (including phenoxy) is 1. The van der Waals surface area contributed by atoms with Crippen molar-refractivity contribution >= 4 is 12.0 Å². The molecule has 0 aliphatic carbocycles. The predicted octanol–water partition coefficient (Wildman–Crippen LogP) is 2.28. The van der Waals surface area contributed by atoms with Crippen molar-refractivity contribution in [3.63, 3.8) is 0 Å². The summed E-state index contributed by atoms with van der Waals surface area (Å²) in [5, 5.41) is 9.60. The highest BCUT2D eigenvalue weighted by molar-refractivity contribution is 5.91. The summed E-state index contributed by atoms with van der Waals surface area (Å²) >= 11 is 0. The van der Waals surface area contributed by atoms with Crippen LogP contribution in [0.3, 0.4) is 0 Å². The van der Waals surface area contributed by atoms with Crippen molar-refractivity contribution in [3.8, 4) is 11.5 Å². The van der Waals surface area contributed by atoms with E-state index in [1.807, 2.05) is 13.8 Å². The lowest BCUT2D eigenvalue weighted by molar-refractivity contribution is -0.125. The summed E-state index contributed by atoms with van der Waals surface area (Å²) in [4.78, 5) is 13.5. The fraction of sp³-hybridized carbons (Fsp3) is 0.357. The first-order chi connectivity index (χ1) is 8.62. The van der Waals surface area contributed by atoms with Gasteiger partial charge in [-0.2, -0.15) is 0 Å². The molecule has 0 aliphatic heterocycles. The van der Waals surface area contributed by atoms with Gasteiger partial charge in [0.15, 0.2) is 11.5 Å². The van der Waals surface area contributed by atoms with Crippen LogP contribution >= 0.6 is 0 Å². The number of amides is 1. The van der Waals surface area contributed by atoms with Crippen molar-refractivity contribution in [2.45, 2.75) is 13.8 Å². The summed E-state index contributed by atoms with van der Waals surface area (Å²) in [6.45, 7) is 5.25. The number of rotatable bonds is 5. The van der Waals surface area contributed by atoms with Gasteiger partial charge in [0, 0.05) is 19.2 Å². The lowest BCUT2D eigenvalue weighted by Gasteiger charge is -2.15. The topological polar surface area (TPSA) is 49.8 Å². The van der Waals surface area contributed by atoms with Crippen molar-refractivity contribution in [2.75, 3.05) is 20.2 Å². The van der Waals surface area contributed by atoms with E-state index in [9.17, 15) is 9.90 Å². The molecule has 0 bridgehead atoms. The number of carbonyl (C=O) groups excluding carboxylic acids is 1. The van der Waals surface area contributed by atoms with Gasteiger partial charge in [-0.05, 0) is 37.6 Å².